The Hall–Kier alpha value is -2.76. The summed E-state index contributed by atoms with van der Waals surface area (Å²) in [5.41, 5.74) is 0.920. The van der Waals surface area contributed by atoms with Crippen molar-refractivity contribution in [1.29, 1.82) is 0 Å². The van der Waals surface area contributed by atoms with Gasteiger partial charge in [0.25, 0.3) is 0 Å². The second kappa shape index (κ2) is 7.31. The lowest BCUT2D eigenvalue weighted by Crippen LogP contribution is -2.39. The number of carbonyl (C=O) groups is 1. The SMILES string of the molecule is C=CCNC(=O)NC(c1ccc(OC)cc1)c1nccn1C. The van der Waals surface area contributed by atoms with Crippen LogP contribution < -0.4 is 15.4 Å². The highest BCUT2D eigenvalue weighted by Gasteiger charge is 2.20. The van der Waals surface area contributed by atoms with Gasteiger partial charge < -0.3 is 19.9 Å². The highest BCUT2D eigenvalue weighted by molar-refractivity contribution is 5.75. The van der Waals surface area contributed by atoms with E-state index >= 15 is 0 Å². The molecule has 2 aromatic rings. The first-order valence-electron chi connectivity index (χ1n) is 6.92. The van der Waals surface area contributed by atoms with Gasteiger partial charge in [-0.25, -0.2) is 9.78 Å². The van der Waals surface area contributed by atoms with Crippen LogP contribution in [0.5, 0.6) is 5.75 Å². The van der Waals surface area contributed by atoms with Gasteiger partial charge in [-0.1, -0.05) is 18.2 Å². The van der Waals surface area contributed by atoms with E-state index in [9.17, 15) is 4.79 Å². The first kappa shape index (κ1) is 15.6. The van der Waals surface area contributed by atoms with E-state index in [2.05, 4.69) is 22.2 Å². The van der Waals surface area contributed by atoms with Crippen LogP contribution in [-0.4, -0.2) is 29.2 Å². The lowest BCUT2D eigenvalue weighted by Gasteiger charge is -2.19. The summed E-state index contributed by atoms with van der Waals surface area (Å²) in [6.45, 7) is 3.98. The van der Waals surface area contributed by atoms with Crippen LogP contribution in [0.3, 0.4) is 0 Å². The Labute approximate surface area is 129 Å². The molecular formula is C16H20N4O2. The summed E-state index contributed by atoms with van der Waals surface area (Å²) in [4.78, 5) is 16.3. The normalized spacial score (nSPS) is 11.5. The van der Waals surface area contributed by atoms with E-state index in [-0.39, 0.29) is 12.1 Å². The number of imidazole rings is 1. The Morgan fingerprint density at radius 3 is 2.73 bits per heavy atom. The Morgan fingerprint density at radius 1 is 1.45 bits per heavy atom. The summed E-state index contributed by atoms with van der Waals surface area (Å²) in [5, 5.41) is 5.63. The van der Waals surface area contributed by atoms with E-state index in [0.717, 1.165) is 17.1 Å². The number of nitrogens with one attached hydrogen (secondary N) is 2. The molecular weight excluding hydrogens is 280 g/mol. The molecule has 116 valence electrons. The van der Waals surface area contributed by atoms with Gasteiger partial charge in [0, 0.05) is 26.0 Å². The van der Waals surface area contributed by atoms with Gasteiger partial charge in [0.05, 0.1) is 7.11 Å². The Kier molecular flexibility index (Phi) is 5.19. The standard InChI is InChI=1S/C16H20N4O2/c1-4-9-18-16(21)19-14(15-17-10-11-20(15)2)12-5-7-13(22-3)8-6-12/h4-8,10-11,14H,1,9H2,2-3H3,(H2,18,19,21). The molecule has 22 heavy (non-hydrogen) atoms. The third kappa shape index (κ3) is 3.66. The van der Waals surface area contributed by atoms with E-state index in [1.807, 2.05) is 42.1 Å². The van der Waals surface area contributed by atoms with Crippen molar-refractivity contribution in [3.63, 3.8) is 0 Å². The van der Waals surface area contributed by atoms with E-state index in [1.54, 1.807) is 19.4 Å². The number of nitrogens with zero attached hydrogens (tertiary/aromatic N) is 2. The van der Waals surface area contributed by atoms with Gasteiger partial charge in [0.15, 0.2) is 0 Å². The molecule has 0 fully saturated rings. The van der Waals surface area contributed by atoms with Crippen molar-refractivity contribution in [1.82, 2.24) is 20.2 Å². The number of ether oxygens (including phenoxy) is 1. The third-order valence-electron chi connectivity index (χ3n) is 3.25. The van der Waals surface area contributed by atoms with Crippen molar-refractivity contribution in [3.05, 3.63) is 60.7 Å². The van der Waals surface area contributed by atoms with Gasteiger partial charge in [-0.05, 0) is 17.7 Å². The van der Waals surface area contributed by atoms with E-state index < -0.39 is 0 Å². The maximum absolute atomic E-state index is 12.0. The minimum absolute atomic E-state index is 0.274. The summed E-state index contributed by atoms with van der Waals surface area (Å²) in [6.07, 6.45) is 5.17. The smallest absolute Gasteiger partial charge is 0.315 e. The predicted molar refractivity (Wildman–Crippen MR) is 84.8 cm³/mol. The molecule has 1 unspecified atom stereocenters. The van der Waals surface area contributed by atoms with Crippen molar-refractivity contribution < 1.29 is 9.53 Å². The monoisotopic (exact) mass is 300 g/mol. The van der Waals surface area contributed by atoms with E-state index in [4.69, 9.17) is 4.74 Å². The highest BCUT2D eigenvalue weighted by Crippen LogP contribution is 2.22. The highest BCUT2D eigenvalue weighted by atomic mass is 16.5. The van der Waals surface area contributed by atoms with Crippen LogP contribution in [0.2, 0.25) is 0 Å². The van der Waals surface area contributed by atoms with Gasteiger partial charge >= 0.3 is 6.03 Å². The maximum Gasteiger partial charge on any atom is 0.315 e. The minimum atomic E-state index is -0.351. The number of carbonyl (C=O) groups excluding carboxylic acids is 1. The number of benzene rings is 1. The lowest BCUT2D eigenvalue weighted by molar-refractivity contribution is 0.239. The number of methoxy groups -OCH3 is 1. The molecule has 6 heteroatoms. The molecule has 0 saturated carbocycles. The lowest BCUT2D eigenvalue weighted by atomic mass is 10.1. The van der Waals surface area contributed by atoms with Crippen molar-refractivity contribution in [2.24, 2.45) is 7.05 Å². The minimum Gasteiger partial charge on any atom is -0.497 e. The number of aryl methyl sites for hydroxylation is 1. The van der Waals surface area contributed by atoms with Crippen LogP contribution in [0, 0.1) is 0 Å². The Bertz CT molecular complexity index is 634. The number of rotatable bonds is 6. The van der Waals surface area contributed by atoms with Crippen LogP contribution in [0.1, 0.15) is 17.4 Å². The molecule has 2 N–H and O–H groups in total. The molecule has 0 aliphatic carbocycles. The fourth-order valence-corrected chi connectivity index (χ4v) is 2.10. The predicted octanol–water partition coefficient (Wildman–Crippen LogP) is 2.00. The van der Waals surface area contributed by atoms with Crippen LogP contribution in [0.15, 0.2) is 49.3 Å². The molecule has 1 aromatic carbocycles. The molecule has 0 bridgehead atoms. The third-order valence-corrected chi connectivity index (χ3v) is 3.25. The molecule has 1 atom stereocenters. The Morgan fingerprint density at radius 2 is 2.18 bits per heavy atom. The molecule has 2 amide bonds. The summed E-state index contributed by atoms with van der Waals surface area (Å²) >= 11 is 0. The number of hydrogen-bond acceptors (Lipinski definition) is 3. The summed E-state index contributed by atoms with van der Waals surface area (Å²) < 4.78 is 7.04. The fourth-order valence-electron chi connectivity index (χ4n) is 2.10. The first-order valence-corrected chi connectivity index (χ1v) is 6.92. The molecule has 0 aliphatic rings. The fraction of sp³-hybridized carbons (Fsp3) is 0.250. The average Bonchev–Trinajstić information content (AvgIpc) is 2.96. The molecule has 0 aliphatic heterocycles. The van der Waals surface area contributed by atoms with Gasteiger partial charge in [-0.2, -0.15) is 0 Å². The number of amides is 2. The van der Waals surface area contributed by atoms with Crippen molar-refractivity contribution in [2.45, 2.75) is 6.04 Å². The number of hydrogen-bond donors (Lipinski definition) is 2. The maximum atomic E-state index is 12.0. The first-order chi connectivity index (χ1) is 10.7. The van der Waals surface area contributed by atoms with Crippen LogP contribution in [0.4, 0.5) is 4.79 Å². The molecule has 0 radical (unpaired) electrons. The van der Waals surface area contributed by atoms with Crippen LogP contribution in [-0.2, 0) is 7.05 Å². The zero-order chi connectivity index (χ0) is 15.9. The number of aromatic nitrogens is 2. The topological polar surface area (TPSA) is 68.2 Å². The van der Waals surface area contributed by atoms with Crippen LogP contribution >= 0.6 is 0 Å². The largest absolute Gasteiger partial charge is 0.497 e. The molecule has 1 aromatic heterocycles. The molecule has 6 nitrogen and oxygen atoms in total. The second-order valence-corrected chi connectivity index (χ2v) is 4.75. The van der Waals surface area contributed by atoms with Gasteiger partial charge in [0.1, 0.15) is 17.6 Å². The molecule has 0 saturated heterocycles. The zero-order valence-electron chi connectivity index (χ0n) is 12.7. The summed E-state index contributed by atoms with van der Waals surface area (Å²) in [7, 11) is 3.51. The zero-order valence-corrected chi connectivity index (χ0v) is 12.7. The van der Waals surface area contributed by atoms with E-state index in [1.165, 1.54) is 0 Å². The second-order valence-electron chi connectivity index (χ2n) is 4.75. The summed E-state index contributed by atoms with van der Waals surface area (Å²) in [6, 6.07) is 6.90. The van der Waals surface area contributed by atoms with Crippen molar-refractivity contribution in [3.8, 4) is 5.75 Å². The molecule has 0 spiro atoms. The van der Waals surface area contributed by atoms with Gasteiger partial charge in [-0.3, -0.25) is 0 Å². The van der Waals surface area contributed by atoms with Crippen molar-refractivity contribution >= 4 is 6.03 Å². The van der Waals surface area contributed by atoms with Gasteiger partial charge in [0.2, 0.25) is 0 Å². The Balaban J connectivity index is 2.26. The summed E-state index contributed by atoms with van der Waals surface area (Å²) in [5.74, 6) is 1.51. The van der Waals surface area contributed by atoms with E-state index in [0.29, 0.717) is 6.54 Å². The van der Waals surface area contributed by atoms with Crippen LogP contribution in [0.25, 0.3) is 0 Å². The average molecular weight is 300 g/mol. The molecule has 2 rings (SSSR count). The quantitative estimate of drug-likeness (QED) is 0.802. The van der Waals surface area contributed by atoms with Crippen molar-refractivity contribution in [2.75, 3.05) is 13.7 Å². The number of urea groups is 1. The van der Waals surface area contributed by atoms with Gasteiger partial charge in [-0.15, -0.1) is 6.58 Å². The molecule has 1 heterocycles.